The first-order valence-corrected chi connectivity index (χ1v) is 9.65. The maximum atomic E-state index is 11.0. The van der Waals surface area contributed by atoms with E-state index in [0.717, 1.165) is 37.8 Å². The van der Waals surface area contributed by atoms with Crippen LogP contribution in [0.3, 0.4) is 0 Å². The van der Waals surface area contributed by atoms with Gasteiger partial charge in [-0.25, -0.2) is 4.79 Å². The average molecular weight is 386 g/mol. The van der Waals surface area contributed by atoms with Crippen molar-refractivity contribution >= 4 is 40.0 Å². The lowest BCUT2D eigenvalue weighted by molar-refractivity contribution is 0.0697. The number of fused-ring (bicyclic) bond motifs is 1. The number of nitrogens with one attached hydrogen (secondary N) is 1. The largest absolute Gasteiger partial charge is 0.478 e. The Hall–Kier alpha value is -3.31. The van der Waals surface area contributed by atoms with E-state index in [1.54, 1.807) is 36.0 Å². The number of hydrogen-bond acceptors (Lipinski definition) is 4. The first-order valence-electron chi connectivity index (χ1n) is 8.84. The van der Waals surface area contributed by atoms with Gasteiger partial charge in [-0.3, -0.25) is 4.98 Å². The predicted octanol–water partition coefficient (Wildman–Crippen LogP) is 6.14. The Morgan fingerprint density at radius 2 is 1.71 bits per heavy atom. The number of rotatable bonds is 5. The molecule has 0 bridgehead atoms. The third kappa shape index (κ3) is 3.85. The first kappa shape index (κ1) is 18.1. The minimum atomic E-state index is -0.931. The highest BCUT2D eigenvalue weighted by Crippen LogP contribution is 2.36. The van der Waals surface area contributed by atoms with Crippen LogP contribution in [0.15, 0.2) is 88.7 Å². The number of aryl methyl sites for hydroxylation is 1. The van der Waals surface area contributed by atoms with Crippen LogP contribution in [-0.2, 0) is 0 Å². The molecule has 28 heavy (non-hydrogen) atoms. The lowest BCUT2D eigenvalue weighted by Crippen LogP contribution is -1.98. The van der Waals surface area contributed by atoms with Crippen molar-refractivity contribution in [1.29, 1.82) is 0 Å². The second-order valence-electron chi connectivity index (χ2n) is 6.39. The van der Waals surface area contributed by atoms with Crippen LogP contribution in [0.2, 0.25) is 0 Å². The van der Waals surface area contributed by atoms with E-state index in [2.05, 4.69) is 23.5 Å². The molecule has 2 N–H and O–H groups in total. The van der Waals surface area contributed by atoms with Crippen molar-refractivity contribution in [1.82, 2.24) is 4.98 Å². The van der Waals surface area contributed by atoms with Gasteiger partial charge in [0.1, 0.15) is 0 Å². The van der Waals surface area contributed by atoms with Gasteiger partial charge in [0.25, 0.3) is 0 Å². The van der Waals surface area contributed by atoms with Gasteiger partial charge in [-0.15, -0.1) is 0 Å². The second kappa shape index (κ2) is 7.74. The molecule has 0 unspecified atom stereocenters. The number of carboxylic acid groups (broad SMARTS) is 1. The molecule has 0 aliphatic rings. The van der Waals surface area contributed by atoms with Crippen LogP contribution in [0.4, 0.5) is 11.4 Å². The molecule has 0 fully saturated rings. The lowest BCUT2D eigenvalue weighted by atomic mass is 10.1. The molecular weight excluding hydrogens is 368 g/mol. The molecule has 0 amide bonds. The van der Waals surface area contributed by atoms with Crippen LogP contribution < -0.4 is 5.32 Å². The summed E-state index contributed by atoms with van der Waals surface area (Å²) in [6, 6.07) is 25.1. The van der Waals surface area contributed by atoms with Crippen molar-refractivity contribution in [2.75, 3.05) is 5.32 Å². The molecular formula is C23H18N2O2S. The number of carbonyl (C=O) groups is 1. The molecule has 0 radical (unpaired) electrons. The number of benzene rings is 3. The Kier molecular flexibility index (Phi) is 5.00. The molecule has 4 rings (SSSR count). The van der Waals surface area contributed by atoms with E-state index in [1.807, 2.05) is 43.3 Å². The third-order valence-corrected chi connectivity index (χ3v) is 5.37. The highest BCUT2D eigenvalue weighted by molar-refractivity contribution is 7.99. The van der Waals surface area contributed by atoms with Gasteiger partial charge in [0.05, 0.1) is 11.1 Å². The smallest absolute Gasteiger partial charge is 0.335 e. The van der Waals surface area contributed by atoms with Gasteiger partial charge in [-0.1, -0.05) is 42.1 Å². The number of hydrogen-bond donors (Lipinski definition) is 2. The Labute approximate surface area is 167 Å². The van der Waals surface area contributed by atoms with Crippen LogP contribution in [-0.4, -0.2) is 16.1 Å². The number of para-hydroxylation sites is 1. The van der Waals surface area contributed by atoms with Crippen molar-refractivity contribution in [2.24, 2.45) is 0 Å². The summed E-state index contributed by atoms with van der Waals surface area (Å²) in [5.41, 5.74) is 3.90. The Balaban J connectivity index is 1.73. The van der Waals surface area contributed by atoms with E-state index in [1.165, 1.54) is 0 Å². The van der Waals surface area contributed by atoms with E-state index in [9.17, 15) is 4.79 Å². The second-order valence-corrected chi connectivity index (χ2v) is 7.50. The van der Waals surface area contributed by atoms with Gasteiger partial charge >= 0.3 is 5.97 Å². The third-order valence-electron chi connectivity index (χ3n) is 4.31. The molecule has 0 aliphatic heterocycles. The summed E-state index contributed by atoms with van der Waals surface area (Å²) in [6.07, 6.45) is 0. The van der Waals surface area contributed by atoms with Crippen molar-refractivity contribution in [3.63, 3.8) is 0 Å². The number of anilines is 2. The molecule has 138 valence electrons. The fraction of sp³-hybridized carbons (Fsp3) is 0.0435. The Morgan fingerprint density at radius 1 is 0.964 bits per heavy atom. The normalized spacial score (nSPS) is 10.8. The maximum absolute atomic E-state index is 11.0. The van der Waals surface area contributed by atoms with Crippen molar-refractivity contribution in [2.45, 2.75) is 16.7 Å². The summed E-state index contributed by atoms with van der Waals surface area (Å²) in [5.74, 6) is -0.931. The molecule has 1 heterocycles. The molecule has 0 saturated carbocycles. The summed E-state index contributed by atoms with van der Waals surface area (Å²) in [5, 5.41) is 13.5. The number of carboxylic acids is 1. The monoisotopic (exact) mass is 386 g/mol. The standard InChI is InChI=1S/C23H18N2O2S/c1-15-14-20(25-17-12-10-16(11-13-17)23(26)27)19-8-5-9-21(22(19)24-15)28-18-6-3-2-4-7-18/h2-14H,1H3,(H,24,25)(H,26,27). The van der Waals surface area contributed by atoms with E-state index in [0.29, 0.717) is 0 Å². The van der Waals surface area contributed by atoms with E-state index < -0.39 is 5.97 Å². The number of nitrogens with zero attached hydrogens (tertiary/aromatic N) is 1. The molecule has 5 heteroatoms. The molecule has 4 nitrogen and oxygen atoms in total. The molecule has 4 aromatic rings. The SMILES string of the molecule is Cc1cc(Nc2ccc(C(=O)O)cc2)c2cccc(Sc3ccccc3)c2n1. The molecule has 3 aromatic carbocycles. The Morgan fingerprint density at radius 3 is 2.43 bits per heavy atom. The summed E-state index contributed by atoms with van der Waals surface area (Å²) >= 11 is 1.69. The fourth-order valence-corrected chi connectivity index (χ4v) is 3.95. The molecule has 0 saturated heterocycles. The van der Waals surface area contributed by atoms with Gasteiger partial charge in [-0.2, -0.15) is 0 Å². The van der Waals surface area contributed by atoms with E-state index in [4.69, 9.17) is 10.1 Å². The van der Waals surface area contributed by atoms with Crippen LogP contribution in [0.1, 0.15) is 16.1 Å². The summed E-state index contributed by atoms with van der Waals surface area (Å²) in [4.78, 5) is 18.1. The summed E-state index contributed by atoms with van der Waals surface area (Å²) in [6.45, 7) is 1.97. The summed E-state index contributed by atoms with van der Waals surface area (Å²) < 4.78 is 0. The van der Waals surface area contributed by atoms with E-state index >= 15 is 0 Å². The molecule has 0 spiro atoms. The van der Waals surface area contributed by atoms with Crippen molar-refractivity contribution in [3.8, 4) is 0 Å². The van der Waals surface area contributed by atoms with Gasteiger partial charge < -0.3 is 10.4 Å². The van der Waals surface area contributed by atoms with Crippen molar-refractivity contribution < 1.29 is 9.90 Å². The fourth-order valence-electron chi connectivity index (χ4n) is 3.00. The van der Waals surface area contributed by atoms with Crippen LogP contribution in [0, 0.1) is 6.92 Å². The van der Waals surface area contributed by atoms with Crippen LogP contribution >= 0.6 is 11.8 Å². The van der Waals surface area contributed by atoms with Gasteiger partial charge in [0, 0.05) is 32.2 Å². The zero-order valence-electron chi connectivity index (χ0n) is 15.2. The molecule has 0 aliphatic carbocycles. The Bertz CT molecular complexity index is 1140. The highest BCUT2D eigenvalue weighted by atomic mass is 32.2. The topological polar surface area (TPSA) is 62.2 Å². The predicted molar refractivity (Wildman–Crippen MR) is 114 cm³/mol. The highest BCUT2D eigenvalue weighted by Gasteiger charge is 2.10. The number of aromatic nitrogens is 1. The van der Waals surface area contributed by atoms with Gasteiger partial charge in [-0.05, 0) is 55.5 Å². The summed E-state index contributed by atoms with van der Waals surface area (Å²) in [7, 11) is 0. The van der Waals surface area contributed by atoms with Gasteiger partial charge in [0.15, 0.2) is 0 Å². The van der Waals surface area contributed by atoms with Gasteiger partial charge in [0.2, 0.25) is 0 Å². The number of aromatic carboxylic acids is 1. The van der Waals surface area contributed by atoms with Crippen LogP contribution in [0.25, 0.3) is 10.9 Å². The number of pyridine rings is 1. The zero-order chi connectivity index (χ0) is 19.5. The molecule has 0 atom stereocenters. The zero-order valence-corrected chi connectivity index (χ0v) is 16.0. The van der Waals surface area contributed by atoms with E-state index in [-0.39, 0.29) is 5.56 Å². The van der Waals surface area contributed by atoms with Crippen molar-refractivity contribution in [3.05, 3.63) is 90.1 Å². The minimum Gasteiger partial charge on any atom is -0.478 e. The maximum Gasteiger partial charge on any atom is 0.335 e. The van der Waals surface area contributed by atoms with Crippen LogP contribution in [0.5, 0.6) is 0 Å². The lowest BCUT2D eigenvalue weighted by Gasteiger charge is -2.13. The minimum absolute atomic E-state index is 0.267. The average Bonchev–Trinajstić information content (AvgIpc) is 2.70. The quantitative estimate of drug-likeness (QED) is 0.432. The first-order chi connectivity index (χ1) is 13.6. The molecule has 1 aromatic heterocycles.